The van der Waals surface area contributed by atoms with Gasteiger partial charge in [0.25, 0.3) is 5.56 Å². The number of halogens is 4. The molecule has 7 nitrogen and oxygen atoms in total. The van der Waals surface area contributed by atoms with Crippen molar-refractivity contribution in [3.05, 3.63) is 58.2 Å². The third kappa shape index (κ3) is 5.02. The second-order valence-corrected chi connectivity index (χ2v) is 6.05. The van der Waals surface area contributed by atoms with Crippen LogP contribution in [0.3, 0.4) is 0 Å². The zero-order valence-corrected chi connectivity index (χ0v) is 15.7. The average Bonchev–Trinajstić information content (AvgIpc) is 2.67. The molecule has 0 spiro atoms. The van der Waals surface area contributed by atoms with E-state index >= 15 is 0 Å². The van der Waals surface area contributed by atoms with Gasteiger partial charge in [0.05, 0.1) is 28.7 Å². The third-order valence-corrected chi connectivity index (χ3v) is 3.87. The average molecular weight is 427 g/mol. The molecule has 1 aromatic carbocycles. The Labute approximate surface area is 167 Å². The molecule has 0 aliphatic carbocycles. The van der Waals surface area contributed by atoms with Crippen LogP contribution in [0.25, 0.3) is 17.1 Å². The molecule has 0 unspecified atom stereocenters. The van der Waals surface area contributed by atoms with Gasteiger partial charge in [0, 0.05) is 12.3 Å². The number of benzene rings is 1. The Hall–Kier alpha value is -3.14. The minimum absolute atomic E-state index is 0.0198. The molecule has 0 aliphatic rings. The summed E-state index contributed by atoms with van der Waals surface area (Å²) in [5.41, 5.74) is 0.481. The predicted octanol–water partition coefficient (Wildman–Crippen LogP) is 3.68. The van der Waals surface area contributed by atoms with E-state index in [2.05, 4.69) is 19.7 Å². The first-order chi connectivity index (χ1) is 13.8. The number of aromatic nitrogens is 4. The summed E-state index contributed by atoms with van der Waals surface area (Å²) < 4.78 is 48.3. The van der Waals surface area contributed by atoms with Gasteiger partial charge in [-0.1, -0.05) is 11.6 Å². The van der Waals surface area contributed by atoms with E-state index in [4.69, 9.17) is 16.3 Å². The first-order valence-corrected chi connectivity index (χ1v) is 8.69. The number of hydrogen-bond donors (Lipinski definition) is 0. The first kappa shape index (κ1) is 20.6. The van der Waals surface area contributed by atoms with Gasteiger partial charge < -0.3 is 9.47 Å². The molecule has 29 heavy (non-hydrogen) atoms. The van der Waals surface area contributed by atoms with E-state index < -0.39 is 18.3 Å². The van der Waals surface area contributed by atoms with Gasteiger partial charge >= 0.3 is 12.2 Å². The molecule has 0 radical (unpaired) electrons. The van der Waals surface area contributed by atoms with E-state index in [1.165, 1.54) is 36.8 Å². The minimum atomic E-state index is -4.50. The quantitative estimate of drug-likeness (QED) is 0.598. The van der Waals surface area contributed by atoms with Crippen molar-refractivity contribution in [1.29, 1.82) is 0 Å². The molecule has 11 heteroatoms. The van der Waals surface area contributed by atoms with Gasteiger partial charge in [-0.05, 0) is 31.2 Å². The molecule has 0 bridgehead atoms. The van der Waals surface area contributed by atoms with Crippen LogP contribution in [-0.4, -0.2) is 38.9 Å². The zero-order valence-electron chi connectivity index (χ0n) is 15.0. The third-order valence-electron chi connectivity index (χ3n) is 3.57. The van der Waals surface area contributed by atoms with Gasteiger partial charge in [0.15, 0.2) is 6.61 Å². The van der Waals surface area contributed by atoms with Crippen molar-refractivity contribution in [2.75, 3.05) is 13.2 Å². The Kier molecular flexibility index (Phi) is 6.02. The minimum Gasteiger partial charge on any atom is -0.483 e. The summed E-state index contributed by atoms with van der Waals surface area (Å²) in [5.74, 6) is -0.163. The summed E-state index contributed by atoms with van der Waals surface area (Å²) in [6, 6.07) is 6.74. The smallest absolute Gasteiger partial charge is 0.422 e. The highest BCUT2D eigenvalue weighted by molar-refractivity contribution is 6.32. The summed E-state index contributed by atoms with van der Waals surface area (Å²) in [7, 11) is 0. The van der Waals surface area contributed by atoms with Crippen molar-refractivity contribution in [2.24, 2.45) is 0 Å². The van der Waals surface area contributed by atoms with Crippen molar-refractivity contribution in [3.63, 3.8) is 0 Å². The fourth-order valence-corrected chi connectivity index (χ4v) is 2.63. The summed E-state index contributed by atoms with van der Waals surface area (Å²) >= 11 is 6.03. The number of rotatable bonds is 6. The van der Waals surface area contributed by atoms with Gasteiger partial charge in [-0.15, -0.1) is 0 Å². The van der Waals surface area contributed by atoms with Crippen molar-refractivity contribution in [2.45, 2.75) is 13.1 Å². The molecule has 0 amide bonds. The Balaban J connectivity index is 2.01. The molecular formula is C18H14ClF3N4O3. The Morgan fingerprint density at radius 3 is 2.55 bits per heavy atom. The zero-order chi connectivity index (χ0) is 21.0. The van der Waals surface area contributed by atoms with Crippen LogP contribution in [0, 0.1) is 0 Å². The second kappa shape index (κ2) is 8.48. The van der Waals surface area contributed by atoms with Crippen molar-refractivity contribution < 1.29 is 22.6 Å². The maximum Gasteiger partial charge on any atom is 0.422 e. The normalized spacial score (nSPS) is 11.3. The molecule has 0 fully saturated rings. The lowest BCUT2D eigenvalue weighted by molar-refractivity contribution is -0.153. The molecule has 0 atom stereocenters. The molecule has 152 valence electrons. The van der Waals surface area contributed by atoms with E-state index in [9.17, 15) is 18.0 Å². The van der Waals surface area contributed by atoms with E-state index in [1.54, 1.807) is 13.0 Å². The van der Waals surface area contributed by atoms with Crippen LogP contribution in [0.4, 0.5) is 13.2 Å². The van der Waals surface area contributed by atoms with Crippen molar-refractivity contribution in [3.8, 4) is 28.8 Å². The van der Waals surface area contributed by atoms with Gasteiger partial charge in [-0.2, -0.15) is 18.2 Å². The molecule has 3 aromatic rings. The maximum atomic E-state index is 12.7. The van der Waals surface area contributed by atoms with Crippen LogP contribution < -0.4 is 15.0 Å². The van der Waals surface area contributed by atoms with E-state index in [-0.39, 0.29) is 34.8 Å². The van der Waals surface area contributed by atoms with Crippen molar-refractivity contribution in [1.82, 2.24) is 19.5 Å². The van der Waals surface area contributed by atoms with Crippen LogP contribution in [0.5, 0.6) is 11.8 Å². The SMILES string of the molecule is CCOc1nc(-c2ccncn2)cc(=O)n1-c1ccc(OCC(F)(F)F)c(Cl)c1. The van der Waals surface area contributed by atoms with Gasteiger partial charge in [-0.25, -0.2) is 14.5 Å². The van der Waals surface area contributed by atoms with E-state index in [0.29, 0.717) is 5.69 Å². The number of alkyl halides is 3. The predicted molar refractivity (Wildman–Crippen MR) is 98.6 cm³/mol. The topological polar surface area (TPSA) is 79.1 Å². The molecular weight excluding hydrogens is 413 g/mol. The highest BCUT2D eigenvalue weighted by Gasteiger charge is 2.28. The fourth-order valence-electron chi connectivity index (χ4n) is 2.40. The van der Waals surface area contributed by atoms with E-state index in [1.807, 2.05) is 0 Å². The summed E-state index contributed by atoms with van der Waals surface area (Å²) in [6.07, 6.45) is -1.67. The van der Waals surface area contributed by atoms with Crippen LogP contribution in [0.15, 0.2) is 47.7 Å². The summed E-state index contributed by atoms with van der Waals surface area (Å²) in [5, 5.41) is -0.0963. The van der Waals surface area contributed by atoms with Gasteiger partial charge in [0.1, 0.15) is 12.1 Å². The maximum absolute atomic E-state index is 12.7. The lowest BCUT2D eigenvalue weighted by Gasteiger charge is -2.15. The van der Waals surface area contributed by atoms with E-state index in [0.717, 1.165) is 4.57 Å². The highest BCUT2D eigenvalue weighted by atomic mass is 35.5. The lowest BCUT2D eigenvalue weighted by Crippen LogP contribution is -2.22. The lowest BCUT2D eigenvalue weighted by atomic mass is 10.2. The van der Waals surface area contributed by atoms with Crippen LogP contribution in [-0.2, 0) is 0 Å². The summed E-state index contributed by atoms with van der Waals surface area (Å²) in [4.78, 5) is 24.9. The molecule has 2 heterocycles. The van der Waals surface area contributed by atoms with Gasteiger partial charge in [-0.3, -0.25) is 4.79 Å². The fraction of sp³-hybridized carbons (Fsp3) is 0.222. The standard InChI is InChI=1S/C18H14ClF3N4O3/c1-2-28-17-25-14(13-5-6-23-10-24-13)8-16(27)26(17)11-3-4-15(12(19)7-11)29-9-18(20,21)22/h3-8,10H,2,9H2,1H3. The molecule has 0 N–H and O–H groups in total. The summed E-state index contributed by atoms with van der Waals surface area (Å²) in [6.45, 7) is 0.459. The number of hydrogen-bond acceptors (Lipinski definition) is 6. The molecule has 0 aliphatic heterocycles. The van der Waals surface area contributed by atoms with Crippen LogP contribution in [0.2, 0.25) is 5.02 Å². The Morgan fingerprint density at radius 2 is 1.93 bits per heavy atom. The number of nitrogens with zero attached hydrogens (tertiary/aromatic N) is 4. The van der Waals surface area contributed by atoms with Crippen LogP contribution in [0.1, 0.15) is 6.92 Å². The van der Waals surface area contributed by atoms with Crippen LogP contribution >= 0.6 is 11.6 Å². The largest absolute Gasteiger partial charge is 0.483 e. The first-order valence-electron chi connectivity index (χ1n) is 8.31. The van der Waals surface area contributed by atoms with Gasteiger partial charge in [0.2, 0.25) is 0 Å². The highest BCUT2D eigenvalue weighted by Crippen LogP contribution is 2.29. The molecule has 0 saturated heterocycles. The second-order valence-electron chi connectivity index (χ2n) is 5.64. The Bertz CT molecular complexity index is 1060. The Morgan fingerprint density at radius 1 is 1.14 bits per heavy atom. The monoisotopic (exact) mass is 426 g/mol. The molecule has 0 saturated carbocycles. The van der Waals surface area contributed by atoms with Crippen molar-refractivity contribution >= 4 is 11.6 Å². The molecule has 3 rings (SSSR count). The number of ether oxygens (including phenoxy) is 2. The molecule has 2 aromatic heterocycles.